The molecule has 1 aromatic rings. The average Bonchev–Trinajstić information content (AvgIpc) is 3.18. The molecule has 5 saturated carbocycles. The van der Waals surface area contributed by atoms with Crippen molar-refractivity contribution in [2.75, 3.05) is 0 Å². The molecule has 4 unspecified atom stereocenters. The van der Waals surface area contributed by atoms with Crippen LogP contribution >= 0.6 is 0 Å². The van der Waals surface area contributed by atoms with Crippen molar-refractivity contribution in [2.45, 2.75) is 43.9 Å². The van der Waals surface area contributed by atoms with E-state index in [-0.39, 0.29) is 16.7 Å². The standard InChI is InChI=1S/C18H21NO/c19-15(20)16-8-13-9-18(11-16,12-4-2-1-3-5-12)14(10-16)17(13)6-7-17/h1-5,13-14H,6-11H2,(H2,19,20). The minimum atomic E-state index is -0.183. The van der Waals surface area contributed by atoms with E-state index in [1.165, 1.54) is 24.8 Å². The number of amides is 1. The van der Waals surface area contributed by atoms with Gasteiger partial charge in [-0.2, -0.15) is 0 Å². The fourth-order valence-electron chi connectivity index (χ4n) is 6.56. The molecule has 5 fully saturated rings. The highest BCUT2D eigenvalue weighted by Gasteiger charge is 2.77. The fraction of sp³-hybridized carbons (Fsp3) is 0.611. The predicted octanol–water partition coefficient (Wildman–Crippen LogP) is 3.01. The highest BCUT2D eigenvalue weighted by atomic mass is 16.1. The molecule has 0 aromatic heterocycles. The van der Waals surface area contributed by atoms with Gasteiger partial charge in [-0.15, -0.1) is 0 Å². The van der Waals surface area contributed by atoms with E-state index in [9.17, 15) is 4.79 Å². The molecule has 6 rings (SSSR count). The summed E-state index contributed by atoms with van der Waals surface area (Å²) >= 11 is 0. The van der Waals surface area contributed by atoms with Crippen LogP contribution in [0, 0.1) is 22.7 Å². The van der Waals surface area contributed by atoms with E-state index < -0.39 is 0 Å². The maximum absolute atomic E-state index is 12.1. The van der Waals surface area contributed by atoms with Gasteiger partial charge in [0.15, 0.2) is 0 Å². The normalized spacial score (nSPS) is 46.0. The number of carbonyl (C=O) groups excluding carboxylic acids is 1. The lowest BCUT2D eigenvalue weighted by Crippen LogP contribution is -2.43. The molecule has 20 heavy (non-hydrogen) atoms. The van der Waals surface area contributed by atoms with Gasteiger partial charge in [0.25, 0.3) is 0 Å². The summed E-state index contributed by atoms with van der Waals surface area (Å²) in [5.41, 5.74) is 7.97. The van der Waals surface area contributed by atoms with Gasteiger partial charge in [-0.3, -0.25) is 4.79 Å². The quantitative estimate of drug-likeness (QED) is 0.879. The highest BCUT2D eigenvalue weighted by Crippen LogP contribution is 2.82. The number of hydrogen-bond acceptors (Lipinski definition) is 1. The van der Waals surface area contributed by atoms with E-state index >= 15 is 0 Å². The first-order valence-corrected chi connectivity index (χ1v) is 7.97. The van der Waals surface area contributed by atoms with Crippen LogP contribution in [0.1, 0.15) is 44.1 Å². The van der Waals surface area contributed by atoms with Crippen LogP contribution in [-0.4, -0.2) is 5.91 Å². The predicted molar refractivity (Wildman–Crippen MR) is 76.9 cm³/mol. The number of primary amides is 1. The van der Waals surface area contributed by atoms with Gasteiger partial charge in [0.1, 0.15) is 0 Å². The van der Waals surface area contributed by atoms with Crippen molar-refractivity contribution in [3.63, 3.8) is 0 Å². The summed E-state index contributed by atoms with van der Waals surface area (Å²) in [7, 11) is 0. The van der Waals surface area contributed by atoms with Crippen LogP contribution in [0.3, 0.4) is 0 Å². The molecule has 104 valence electrons. The molecule has 5 aliphatic carbocycles. The molecule has 2 heteroatoms. The number of benzene rings is 1. The first-order valence-electron chi connectivity index (χ1n) is 7.97. The Labute approximate surface area is 119 Å². The Morgan fingerprint density at radius 2 is 1.85 bits per heavy atom. The van der Waals surface area contributed by atoms with E-state index in [0.29, 0.717) is 11.3 Å². The molecule has 4 atom stereocenters. The topological polar surface area (TPSA) is 43.1 Å². The van der Waals surface area contributed by atoms with Crippen LogP contribution in [0.5, 0.6) is 0 Å². The second-order valence-corrected chi connectivity index (χ2v) is 7.94. The number of carbonyl (C=O) groups is 1. The van der Waals surface area contributed by atoms with E-state index in [0.717, 1.165) is 25.2 Å². The van der Waals surface area contributed by atoms with Crippen LogP contribution in [0.2, 0.25) is 0 Å². The number of rotatable bonds is 2. The Balaban J connectivity index is 1.69. The highest BCUT2D eigenvalue weighted by molar-refractivity contribution is 5.82. The van der Waals surface area contributed by atoms with Crippen molar-refractivity contribution in [2.24, 2.45) is 28.4 Å². The maximum atomic E-state index is 12.1. The number of hydrogen-bond donors (Lipinski definition) is 1. The van der Waals surface area contributed by atoms with Crippen molar-refractivity contribution in [1.82, 2.24) is 0 Å². The van der Waals surface area contributed by atoms with E-state index in [1.807, 2.05) is 0 Å². The van der Waals surface area contributed by atoms with Crippen molar-refractivity contribution in [1.29, 1.82) is 0 Å². The Morgan fingerprint density at radius 3 is 2.50 bits per heavy atom. The molecular formula is C18H21NO. The summed E-state index contributed by atoms with van der Waals surface area (Å²) in [5.74, 6) is 1.44. The third-order valence-corrected chi connectivity index (χ3v) is 7.37. The molecule has 0 saturated heterocycles. The van der Waals surface area contributed by atoms with E-state index in [1.54, 1.807) is 0 Å². The minimum Gasteiger partial charge on any atom is -0.369 e. The Hall–Kier alpha value is -1.31. The van der Waals surface area contributed by atoms with Gasteiger partial charge in [-0.25, -0.2) is 0 Å². The lowest BCUT2D eigenvalue weighted by atomic mass is 9.63. The van der Waals surface area contributed by atoms with Gasteiger partial charge >= 0.3 is 0 Å². The monoisotopic (exact) mass is 267 g/mol. The molecule has 0 heterocycles. The first kappa shape index (κ1) is 11.4. The molecule has 2 N–H and O–H groups in total. The van der Waals surface area contributed by atoms with Gasteiger partial charge in [-0.05, 0) is 61.3 Å². The first-order chi connectivity index (χ1) is 9.61. The summed E-state index contributed by atoms with van der Waals surface area (Å²) in [6.07, 6.45) is 7.25. The zero-order chi connectivity index (χ0) is 13.6. The molecular weight excluding hydrogens is 246 g/mol. The van der Waals surface area contributed by atoms with Crippen LogP contribution in [0.4, 0.5) is 0 Å². The van der Waals surface area contributed by atoms with E-state index in [4.69, 9.17) is 5.73 Å². The summed E-state index contributed by atoms with van der Waals surface area (Å²) < 4.78 is 0. The van der Waals surface area contributed by atoms with Crippen molar-refractivity contribution in [3.05, 3.63) is 35.9 Å². The molecule has 1 aromatic carbocycles. The molecule has 1 spiro atoms. The van der Waals surface area contributed by atoms with E-state index in [2.05, 4.69) is 30.3 Å². The van der Waals surface area contributed by atoms with Crippen LogP contribution in [0.25, 0.3) is 0 Å². The largest absolute Gasteiger partial charge is 0.369 e. The Morgan fingerprint density at radius 1 is 1.10 bits per heavy atom. The zero-order valence-corrected chi connectivity index (χ0v) is 11.8. The van der Waals surface area contributed by atoms with Crippen LogP contribution in [-0.2, 0) is 10.2 Å². The lowest BCUT2D eigenvalue weighted by molar-refractivity contribution is -0.131. The summed E-state index contributed by atoms with van der Waals surface area (Å²) in [6.45, 7) is 0. The van der Waals surface area contributed by atoms with Crippen LogP contribution in [0.15, 0.2) is 30.3 Å². The maximum Gasteiger partial charge on any atom is 0.223 e. The molecule has 0 radical (unpaired) electrons. The third-order valence-electron chi connectivity index (χ3n) is 7.37. The lowest BCUT2D eigenvalue weighted by Gasteiger charge is -2.40. The van der Waals surface area contributed by atoms with Crippen LogP contribution < -0.4 is 5.73 Å². The van der Waals surface area contributed by atoms with Gasteiger partial charge in [-0.1, -0.05) is 30.3 Å². The SMILES string of the molecule is NC(=O)C12CC3CC(c4ccccc4)(C1)C(C2)C31CC1. The molecule has 2 nitrogen and oxygen atoms in total. The zero-order valence-electron chi connectivity index (χ0n) is 11.8. The molecule has 4 bridgehead atoms. The van der Waals surface area contributed by atoms with Gasteiger partial charge in [0.2, 0.25) is 5.91 Å². The summed E-state index contributed by atoms with van der Waals surface area (Å²) in [4.78, 5) is 12.1. The Kier molecular flexibility index (Phi) is 1.78. The Bertz CT molecular complexity index is 605. The fourth-order valence-corrected chi connectivity index (χ4v) is 6.56. The minimum absolute atomic E-state index is 0.0273. The summed E-state index contributed by atoms with van der Waals surface area (Å²) in [5, 5.41) is 0. The van der Waals surface area contributed by atoms with Gasteiger partial charge in [0, 0.05) is 5.41 Å². The molecule has 1 amide bonds. The van der Waals surface area contributed by atoms with Crippen molar-refractivity contribution < 1.29 is 4.79 Å². The second-order valence-electron chi connectivity index (χ2n) is 7.94. The second kappa shape index (κ2) is 3.13. The third kappa shape index (κ3) is 1.05. The number of nitrogens with two attached hydrogens (primary N) is 1. The van der Waals surface area contributed by atoms with Gasteiger partial charge in [0.05, 0.1) is 5.41 Å². The molecule has 0 aliphatic heterocycles. The van der Waals surface area contributed by atoms with Gasteiger partial charge < -0.3 is 5.73 Å². The van der Waals surface area contributed by atoms with Crippen molar-refractivity contribution >= 4 is 5.91 Å². The smallest absolute Gasteiger partial charge is 0.223 e. The average molecular weight is 267 g/mol. The van der Waals surface area contributed by atoms with Crippen molar-refractivity contribution in [3.8, 4) is 0 Å². The molecule has 5 aliphatic rings. The summed E-state index contributed by atoms with van der Waals surface area (Å²) in [6, 6.07) is 11.0.